The van der Waals surface area contributed by atoms with E-state index in [1.807, 2.05) is 6.20 Å². The number of aromatic nitrogens is 2. The molecule has 1 aromatic heterocycles. The van der Waals surface area contributed by atoms with E-state index >= 15 is 0 Å². The molecule has 0 aliphatic carbocycles. The van der Waals surface area contributed by atoms with Gasteiger partial charge < -0.3 is 15.0 Å². The molecule has 0 radical (unpaired) electrons. The first kappa shape index (κ1) is 11.2. The third-order valence-corrected chi connectivity index (χ3v) is 4.17. The average molecular weight is 235 g/mol. The van der Waals surface area contributed by atoms with Gasteiger partial charge in [0, 0.05) is 31.5 Å². The Hall–Kier alpha value is -0.870. The lowest BCUT2D eigenvalue weighted by atomic mass is 9.97. The lowest BCUT2D eigenvalue weighted by molar-refractivity contribution is 0.200. The van der Waals surface area contributed by atoms with Gasteiger partial charge >= 0.3 is 0 Å². The van der Waals surface area contributed by atoms with Crippen molar-refractivity contribution in [3.8, 4) is 0 Å². The number of aliphatic hydroxyl groups is 1. The molecule has 4 nitrogen and oxygen atoms in total. The third-order valence-electron chi connectivity index (χ3n) is 4.17. The van der Waals surface area contributed by atoms with Gasteiger partial charge in [0.05, 0.1) is 0 Å². The van der Waals surface area contributed by atoms with Crippen molar-refractivity contribution in [2.45, 2.75) is 32.2 Å². The van der Waals surface area contributed by atoms with Gasteiger partial charge in [-0.15, -0.1) is 0 Å². The fraction of sp³-hybridized carbons (Fsp3) is 0.769. The maximum Gasteiger partial charge on any atom is 0.109 e. The van der Waals surface area contributed by atoms with Gasteiger partial charge in [0.1, 0.15) is 5.82 Å². The zero-order chi connectivity index (χ0) is 11.7. The molecular weight excluding hydrogens is 214 g/mol. The Kier molecular flexibility index (Phi) is 3.16. The molecule has 1 saturated heterocycles. The maximum atomic E-state index is 9.22. The normalized spacial score (nSPS) is 28.3. The minimum Gasteiger partial charge on any atom is -0.396 e. The van der Waals surface area contributed by atoms with Crippen LogP contribution in [0.2, 0.25) is 0 Å². The first-order valence-corrected chi connectivity index (χ1v) is 6.71. The van der Waals surface area contributed by atoms with Crippen LogP contribution < -0.4 is 5.32 Å². The Balaban J connectivity index is 1.72. The van der Waals surface area contributed by atoms with Crippen LogP contribution in [0.15, 0.2) is 6.20 Å². The van der Waals surface area contributed by atoms with E-state index in [0.29, 0.717) is 12.5 Å². The van der Waals surface area contributed by atoms with E-state index in [2.05, 4.69) is 14.9 Å². The summed E-state index contributed by atoms with van der Waals surface area (Å²) in [6.45, 7) is 3.65. The first-order chi connectivity index (χ1) is 8.36. The molecule has 0 spiro atoms. The topological polar surface area (TPSA) is 50.1 Å². The van der Waals surface area contributed by atoms with Crippen molar-refractivity contribution < 1.29 is 5.11 Å². The predicted octanol–water partition coefficient (Wildman–Crippen LogP) is 0.590. The minimum atomic E-state index is 0.313. The lowest BCUT2D eigenvalue weighted by Crippen LogP contribution is -2.23. The van der Waals surface area contributed by atoms with Crippen LogP contribution >= 0.6 is 0 Å². The van der Waals surface area contributed by atoms with Gasteiger partial charge in [0.2, 0.25) is 0 Å². The molecule has 0 amide bonds. The van der Waals surface area contributed by atoms with Crippen LogP contribution in [0.3, 0.4) is 0 Å². The second-order valence-electron chi connectivity index (χ2n) is 5.42. The van der Waals surface area contributed by atoms with Crippen molar-refractivity contribution in [2.24, 2.45) is 11.8 Å². The predicted molar refractivity (Wildman–Crippen MR) is 65.8 cm³/mol. The van der Waals surface area contributed by atoms with Crippen molar-refractivity contribution in [2.75, 3.05) is 19.7 Å². The summed E-state index contributed by atoms with van der Waals surface area (Å²) in [5, 5.41) is 12.6. The molecule has 3 heterocycles. The van der Waals surface area contributed by atoms with Crippen molar-refractivity contribution in [3.63, 3.8) is 0 Å². The smallest absolute Gasteiger partial charge is 0.109 e. The highest BCUT2D eigenvalue weighted by atomic mass is 16.3. The SMILES string of the molecule is OCC1CCn2c(cnc2CC2CCNC2)C1. The van der Waals surface area contributed by atoms with Crippen LogP contribution in [0.5, 0.6) is 0 Å². The highest BCUT2D eigenvalue weighted by Crippen LogP contribution is 2.23. The van der Waals surface area contributed by atoms with Gasteiger partial charge in [-0.2, -0.15) is 0 Å². The van der Waals surface area contributed by atoms with Gasteiger partial charge in [-0.25, -0.2) is 4.98 Å². The zero-order valence-corrected chi connectivity index (χ0v) is 10.2. The summed E-state index contributed by atoms with van der Waals surface area (Å²) in [6, 6.07) is 0. The molecule has 0 aromatic carbocycles. The Labute approximate surface area is 102 Å². The summed E-state index contributed by atoms with van der Waals surface area (Å²) < 4.78 is 2.38. The molecule has 2 aliphatic rings. The summed E-state index contributed by atoms with van der Waals surface area (Å²) in [4.78, 5) is 4.58. The number of imidazole rings is 1. The van der Waals surface area contributed by atoms with E-state index in [-0.39, 0.29) is 0 Å². The van der Waals surface area contributed by atoms with Crippen LogP contribution in [0.25, 0.3) is 0 Å². The molecule has 2 N–H and O–H groups in total. The standard InChI is InChI=1S/C13H21N3O/c17-9-11-2-4-16-12(5-11)8-15-13(16)6-10-1-3-14-7-10/h8,10-11,14,17H,1-7,9H2. The van der Waals surface area contributed by atoms with Crippen molar-refractivity contribution >= 4 is 0 Å². The van der Waals surface area contributed by atoms with E-state index in [9.17, 15) is 5.11 Å². The van der Waals surface area contributed by atoms with E-state index in [1.54, 1.807) is 0 Å². The number of hydrogen-bond acceptors (Lipinski definition) is 3. The molecular formula is C13H21N3O. The van der Waals surface area contributed by atoms with Crippen molar-refractivity contribution in [1.82, 2.24) is 14.9 Å². The second kappa shape index (κ2) is 4.78. The molecule has 94 valence electrons. The molecule has 0 saturated carbocycles. The first-order valence-electron chi connectivity index (χ1n) is 6.71. The fourth-order valence-electron chi connectivity index (χ4n) is 3.06. The summed E-state index contributed by atoms with van der Waals surface area (Å²) in [6.07, 6.45) is 6.49. The molecule has 1 aromatic rings. The molecule has 2 atom stereocenters. The summed E-state index contributed by atoms with van der Waals surface area (Å²) in [5.41, 5.74) is 1.32. The third kappa shape index (κ3) is 2.24. The maximum absolute atomic E-state index is 9.22. The van der Waals surface area contributed by atoms with Crippen LogP contribution in [-0.4, -0.2) is 34.4 Å². The van der Waals surface area contributed by atoms with E-state index in [4.69, 9.17) is 0 Å². The summed E-state index contributed by atoms with van der Waals surface area (Å²) in [5.74, 6) is 2.46. The van der Waals surface area contributed by atoms with Gasteiger partial charge in [0.25, 0.3) is 0 Å². The highest BCUT2D eigenvalue weighted by molar-refractivity contribution is 5.10. The van der Waals surface area contributed by atoms with Crippen LogP contribution in [-0.2, 0) is 19.4 Å². The van der Waals surface area contributed by atoms with E-state index in [0.717, 1.165) is 44.8 Å². The molecule has 2 unspecified atom stereocenters. The van der Waals surface area contributed by atoms with Crippen molar-refractivity contribution in [3.05, 3.63) is 17.7 Å². The number of fused-ring (bicyclic) bond motifs is 1. The van der Waals surface area contributed by atoms with Gasteiger partial charge in [-0.3, -0.25) is 0 Å². The molecule has 0 bridgehead atoms. The Morgan fingerprint density at radius 3 is 3.12 bits per heavy atom. The molecule has 17 heavy (non-hydrogen) atoms. The number of rotatable bonds is 3. The Bertz CT molecular complexity index is 382. The Morgan fingerprint density at radius 1 is 1.41 bits per heavy atom. The van der Waals surface area contributed by atoms with Gasteiger partial charge in [0.15, 0.2) is 0 Å². The quantitative estimate of drug-likeness (QED) is 0.806. The number of nitrogens with one attached hydrogen (secondary N) is 1. The van der Waals surface area contributed by atoms with Gasteiger partial charge in [-0.1, -0.05) is 0 Å². The largest absolute Gasteiger partial charge is 0.396 e. The summed E-state index contributed by atoms with van der Waals surface area (Å²) >= 11 is 0. The van der Waals surface area contributed by atoms with Crippen LogP contribution in [0.4, 0.5) is 0 Å². The van der Waals surface area contributed by atoms with Crippen LogP contribution in [0.1, 0.15) is 24.4 Å². The molecule has 2 aliphatic heterocycles. The zero-order valence-electron chi connectivity index (χ0n) is 10.2. The number of hydrogen-bond donors (Lipinski definition) is 2. The second-order valence-corrected chi connectivity index (χ2v) is 5.42. The monoisotopic (exact) mass is 235 g/mol. The highest BCUT2D eigenvalue weighted by Gasteiger charge is 2.23. The van der Waals surface area contributed by atoms with E-state index < -0.39 is 0 Å². The number of nitrogens with zero attached hydrogens (tertiary/aromatic N) is 2. The fourth-order valence-corrected chi connectivity index (χ4v) is 3.06. The average Bonchev–Trinajstić information content (AvgIpc) is 2.99. The molecule has 3 rings (SSSR count). The molecule has 4 heteroatoms. The molecule has 1 fully saturated rings. The summed E-state index contributed by atoms with van der Waals surface area (Å²) in [7, 11) is 0. The van der Waals surface area contributed by atoms with Gasteiger partial charge in [-0.05, 0) is 44.2 Å². The van der Waals surface area contributed by atoms with Crippen molar-refractivity contribution in [1.29, 1.82) is 0 Å². The Morgan fingerprint density at radius 2 is 2.35 bits per heavy atom. The minimum absolute atomic E-state index is 0.313. The van der Waals surface area contributed by atoms with E-state index in [1.165, 1.54) is 17.9 Å². The lowest BCUT2D eigenvalue weighted by Gasteiger charge is -2.23. The number of aliphatic hydroxyl groups excluding tert-OH is 1. The van der Waals surface area contributed by atoms with Crippen LogP contribution in [0, 0.1) is 11.8 Å².